The van der Waals surface area contributed by atoms with Gasteiger partial charge in [0.1, 0.15) is 0 Å². The Labute approximate surface area is 73.4 Å². The molecule has 0 aliphatic rings. The van der Waals surface area contributed by atoms with Gasteiger partial charge in [-0.3, -0.25) is 0 Å². The molecule has 0 atom stereocenters. The zero-order chi connectivity index (χ0) is 7.72. The van der Waals surface area contributed by atoms with Gasteiger partial charge in [0.05, 0.1) is 2.74 Å². The van der Waals surface area contributed by atoms with Crippen molar-refractivity contribution in [2.45, 2.75) is 0 Å². The fraction of sp³-hybridized carbons (Fsp3) is 0. The second-order valence-electron chi connectivity index (χ2n) is 1.28. The fourth-order valence-electron chi connectivity index (χ4n) is 0.348. The summed E-state index contributed by atoms with van der Waals surface area (Å²) < 4.78 is 16.2. The lowest BCUT2D eigenvalue weighted by Crippen LogP contribution is -1.65. The van der Waals surface area contributed by atoms with Crippen LogP contribution < -0.4 is 0 Å². The molecular formula is C6H4BrI. The van der Waals surface area contributed by atoms with Crippen LogP contribution in [-0.2, 0) is 0 Å². The molecule has 2 heteroatoms. The molecule has 1 aromatic rings. The smallest absolute Gasteiger partial charge is 0.0508 e. The van der Waals surface area contributed by atoms with E-state index in [4.69, 9.17) is 2.74 Å². The predicted molar refractivity (Wildman–Crippen MR) is 46.9 cm³/mol. The lowest BCUT2D eigenvalue weighted by atomic mass is 10.4. The van der Waals surface area contributed by atoms with Gasteiger partial charge in [0.15, 0.2) is 0 Å². The van der Waals surface area contributed by atoms with Crippen molar-refractivity contribution < 1.29 is 2.74 Å². The minimum atomic E-state index is 0.403. The summed E-state index contributed by atoms with van der Waals surface area (Å²) >= 11 is 5.19. The van der Waals surface area contributed by atoms with Crippen molar-refractivity contribution in [3.8, 4) is 0 Å². The highest BCUT2D eigenvalue weighted by atomic mass is 127. The fourth-order valence-corrected chi connectivity index (χ4v) is 0.888. The largest absolute Gasteiger partial charge is 0.0634 e. The summed E-state index contributed by atoms with van der Waals surface area (Å²) in [5.41, 5.74) is 0. The van der Waals surface area contributed by atoms with Crippen LogP contribution in [0.25, 0.3) is 0 Å². The SMILES string of the molecule is [2H]c1cc(Br)cc([2H])c1I. The maximum Gasteiger partial charge on any atom is 0.0634 e. The Morgan fingerprint density at radius 2 is 2.00 bits per heavy atom. The topological polar surface area (TPSA) is 0 Å². The Morgan fingerprint density at radius 3 is 2.50 bits per heavy atom. The molecule has 0 fully saturated rings. The molecule has 0 amide bonds. The third-order valence-electron chi connectivity index (χ3n) is 0.674. The summed E-state index contributed by atoms with van der Waals surface area (Å²) in [7, 11) is 0. The van der Waals surface area contributed by atoms with Gasteiger partial charge in [0.25, 0.3) is 0 Å². The second-order valence-corrected chi connectivity index (χ2v) is 3.27. The molecule has 8 heavy (non-hydrogen) atoms. The van der Waals surface area contributed by atoms with E-state index >= 15 is 0 Å². The first-order chi connectivity index (χ1) is 4.61. The van der Waals surface area contributed by atoms with Gasteiger partial charge in [-0.05, 0) is 46.8 Å². The van der Waals surface area contributed by atoms with Crippen molar-refractivity contribution >= 4 is 38.5 Å². The maximum absolute atomic E-state index is 7.34. The number of hydrogen-bond acceptors (Lipinski definition) is 0. The summed E-state index contributed by atoms with van der Waals surface area (Å²) in [5, 5.41) is 0. The third kappa shape index (κ3) is 1.74. The van der Waals surface area contributed by atoms with Crippen LogP contribution >= 0.6 is 38.5 Å². The molecule has 0 aliphatic heterocycles. The number of benzene rings is 1. The van der Waals surface area contributed by atoms with E-state index in [1.165, 1.54) is 0 Å². The van der Waals surface area contributed by atoms with Gasteiger partial charge < -0.3 is 0 Å². The zero-order valence-electron chi connectivity index (χ0n) is 5.91. The summed E-state index contributed by atoms with van der Waals surface area (Å²) in [6, 6.07) is 4.17. The van der Waals surface area contributed by atoms with Gasteiger partial charge in [0.2, 0.25) is 0 Å². The number of rotatable bonds is 0. The van der Waals surface area contributed by atoms with Gasteiger partial charge in [-0.2, -0.15) is 0 Å². The van der Waals surface area contributed by atoms with Crippen molar-refractivity contribution in [2.24, 2.45) is 0 Å². The molecule has 0 nitrogen and oxygen atoms in total. The van der Waals surface area contributed by atoms with Gasteiger partial charge in [-0.25, -0.2) is 0 Å². The van der Waals surface area contributed by atoms with Crippen molar-refractivity contribution in [2.75, 3.05) is 0 Å². The molecule has 0 bridgehead atoms. The van der Waals surface area contributed by atoms with E-state index in [2.05, 4.69) is 15.9 Å². The molecule has 0 saturated carbocycles. The molecule has 1 rings (SSSR count). The lowest BCUT2D eigenvalue weighted by molar-refractivity contribution is 1.60. The molecule has 0 radical (unpaired) electrons. The molecule has 0 aliphatic carbocycles. The first-order valence-corrected chi connectivity index (χ1v) is 3.90. The first-order valence-electron chi connectivity index (χ1n) is 3.03. The highest BCUT2D eigenvalue weighted by Gasteiger charge is 1.82. The molecule has 0 N–H and O–H groups in total. The van der Waals surface area contributed by atoms with E-state index in [0.29, 0.717) is 15.7 Å². The molecule has 1 aromatic carbocycles. The molecule has 42 valence electrons. The zero-order valence-corrected chi connectivity index (χ0v) is 7.65. The first kappa shape index (κ1) is 4.28. The van der Waals surface area contributed by atoms with Crippen LogP contribution in [0.5, 0.6) is 0 Å². The monoisotopic (exact) mass is 284 g/mol. The average Bonchev–Trinajstić information content (AvgIpc) is 1.82. The molecular weight excluding hydrogens is 279 g/mol. The second kappa shape index (κ2) is 2.82. The molecule has 0 unspecified atom stereocenters. The van der Waals surface area contributed by atoms with E-state index in [1.54, 1.807) is 12.1 Å². The van der Waals surface area contributed by atoms with Crippen LogP contribution in [0, 0.1) is 3.57 Å². The maximum atomic E-state index is 7.34. The van der Waals surface area contributed by atoms with Crippen LogP contribution in [0.4, 0.5) is 0 Å². The van der Waals surface area contributed by atoms with Crippen LogP contribution in [-0.4, -0.2) is 0 Å². The van der Waals surface area contributed by atoms with Crippen LogP contribution in [0.15, 0.2) is 28.7 Å². The van der Waals surface area contributed by atoms with Crippen molar-refractivity contribution in [3.63, 3.8) is 0 Å². The van der Waals surface area contributed by atoms with E-state index < -0.39 is 0 Å². The quantitative estimate of drug-likeness (QED) is 0.643. The summed E-state index contributed by atoms with van der Waals surface area (Å²) in [6.07, 6.45) is 0. The van der Waals surface area contributed by atoms with Crippen LogP contribution in [0.2, 0.25) is 0 Å². The lowest BCUT2D eigenvalue weighted by Gasteiger charge is -1.86. The van der Waals surface area contributed by atoms with Gasteiger partial charge in [0, 0.05) is 8.04 Å². The van der Waals surface area contributed by atoms with E-state index in [0.717, 1.165) is 4.47 Å². The molecule has 0 aromatic heterocycles. The van der Waals surface area contributed by atoms with Crippen LogP contribution in [0.3, 0.4) is 0 Å². The summed E-state index contributed by atoms with van der Waals surface area (Å²) in [6.45, 7) is 0. The van der Waals surface area contributed by atoms with Crippen LogP contribution in [0.1, 0.15) is 2.74 Å². The third-order valence-corrected chi connectivity index (χ3v) is 1.75. The van der Waals surface area contributed by atoms with Gasteiger partial charge in [-0.15, -0.1) is 0 Å². The van der Waals surface area contributed by atoms with Gasteiger partial charge in [-0.1, -0.05) is 15.9 Å². The summed E-state index contributed by atoms with van der Waals surface area (Å²) in [4.78, 5) is 0. The Hall–Kier alpha value is 0.430. The molecule has 0 heterocycles. The van der Waals surface area contributed by atoms with E-state index in [1.807, 2.05) is 22.6 Å². The Bertz CT molecular complexity index is 239. The predicted octanol–water partition coefficient (Wildman–Crippen LogP) is 3.05. The average molecular weight is 285 g/mol. The minimum Gasteiger partial charge on any atom is -0.0508 e. The molecule has 0 spiro atoms. The van der Waals surface area contributed by atoms with Crippen molar-refractivity contribution in [3.05, 3.63) is 32.3 Å². The summed E-state index contributed by atoms with van der Waals surface area (Å²) in [5.74, 6) is 0. The number of hydrogen-bond donors (Lipinski definition) is 0. The highest BCUT2D eigenvalue weighted by molar-refractivity contribution is 14.1. The molecule has 0 saturated heterocycles. The highest BCUT2D eigenvalue weighted by Crippen LogP contribution is 2.11. The van der Waals surface area contributed by atoms with E-state index in [-0.39, 0.29) is 0 Å². The minimum absolute atomic E-state index is 0.403. The van der Waals surface area contributed by atoms with Crippen molar-refractivity contribution in [1.29, 1.82) is 0 Å². The standard InChI is InChI=1S/C6H4BrI/c7-5-1-3-6(8)4-2-5/h1-4H/i3D,4D. The Morgan fingerprint density at radius 1 is 1.50 bits per heavy atom. The van der Waals surface area contributed by atoms with Crippen molar-refractivity contribution in [1.82, 2.24) is 0 Å². The Balaban J connectivity index is 3.31. The normalized spacial score (nSPS) is 12.8. The Kier molecular flexibility index (Phi) is 1.51. The van der Waals surface area contributed by atoms with E-state index in [9.17, 15) is 0 Å². The number of halogens is 2. The van der Waals surface area contributed by atoms with Gasteiger partial charge >= 0.3 is 0 Å².